The molecule has 124 valence electrons. The first kappa shape index (κ1) is 15.6. The summed E-state index contributed by atoms with van der Waals surface area (Å²) in [5, 5.41) is 16.8. The van der Waals surface area contributed by atoms with E-state index >= 15 is 0 Å². The van der Waals surface area contributed by atoms with Gasteiger partial charge in [-0.25, -0.2) is 5.01 Å². The number of nitrogens with zero attached hydrogens (tertiary/aromatic N) is 5. The number of amides is 2. The molecule has 3 rings (SSSR count). The molecule has 0 aliphatic carbocycles. The van der Waals surface area contributed by atoms with E-state index in [1.165, 1.54) is 5.01 Å². The van der Waals surface area contributed by atoms with Gasteiger partial charge in [-0.15, -0.1) is 10.2 Å². The van der Waals surface area contributed by atoms with Crippen LogP contribution in [0.25, 0.3) is 0 Å². The highest BCUT2D eigenvalue weighted by atomic mass is 16.2. The Labute approximate surface area is 134 Å². The summed E-state index contributed by atoms with van der Waals surface area (Å²) < 4.78 is 2.11. The van der Waals surface area contributed by atoms with Crippen LogP contribution in [0.15, 0.2) is 5.10 Å². The van der Waals surface area contributed by atoms with Crippen molar-refractivity contribution >= 4 is 17.5 Å². The number of hydrogen-bond donors (Lipinski definition) is 1. The summed E-state index contributed by atoms with van der Waals surface area (Å²) in [6, 6.07) is 0.0362. The third-order valence-electron chi connectivity index (χ3n) is 4.30. The first-order valence-electron chi connectivity index (χ1n) is 8.02. The van der Waals surface area contributed by atoms with Crippen molar-refractivity contribution in [2.45, 2.75) is 58.0 Å². The summed E-state index contributed by atoms with van der Waals surface area (Å²) in [5.41, 5.74) is 0.422. The summed E-state index contributed by atoms with van der Waals surface area (Å²) >= 11 is 0. The van der Waals surface area contributed by atoms with Crippen molar-refractivity contribution in [1.82, 2.24) is 25.1 Å². The van der Waals surface area contributed by atoms with Gasteiger partial charge in [0.1, 0.15) is 17.4 Å². The van der Waals surface area contributed by atoms with Gasteiger partial charge in [0.05, 0.1) is 0 Å². The van der Waals surface area contributed by atoms with Gasteiger partial charge in [0.25, 0.3) is 5.91 Å². The molecule has 2 aliphatic rings. The van der Waals surface area contributed by atoms with Crippen LogP contribution in [-0.4, -0.2) is 50.4 Å². The van der Waals surface area contributed by atoms with Gasteiger partial charge in [0.15, 0.2) is 0 Å². The summed E-state index contributed by atoms with van der Waals surface area (Å²) in [5.74, 6) is 2.00. The van der Waals surface area contributed by atoms with Gasteiger partial charge in [0, 0.05) is 44.8 Å². The Morgan fingerprint density at radius 3 is 2.74 bits per heavy atom. The van der Waals surface area contributed by atoms with Crippen molar-refractivity contribution in [2.75, 3.05) is 7.05 Å². The fraction of sp³-hybridized carbons (Fsp3) is 0.667. The summed E-state index contributed by atoms with van der Waals surface area (Å²) in [6.07, 6.45) is 2.37. The molecule has 0 aromatic carbocycles. The lowest BCUT2D eigenvalue weighted by atomic mass is 10.0. The SMILES string of the molecule is CC(C)c1nnc2n1CC(NC(=O)C1=NN(C)C(=O)CC1)CC2. The van der Waals surface area contributed by atoms with Crippen LogP contribution in [0.2, 0.25) is 0 Å². The van der Waals surface area contributed by atoms with Gasteiger partial charge < -0.3 is 9.88 Å². The van der Waals surface area contributed by atoms with Crippen LogP contribution in [-0.2, 0) is 22.6 Å². The number of rotatable bonds is 3. The van der Waals surface area contributed by atoms with E-state index in [2.05, 4.69) is 39.0 Å². The Morgan fingerprint density at radius 2 is 2.04 bits per heavy atom. The average molecular weight is 318 g/mol. The van der Waals surface area contributed by atoms with Crippen molar-refractivity contribution in [2.24, 2.45) is 5.10 Å². The van der Waals surface area contributed by atoms with Crippen LogP contribution in [0.1, 0.15) is 50.7 Å². The van der Waals surface area contributed by atoms with E-state index in [9.17, 15) is 9.59 Å². The maximum Gasteiger partial charge on any atom is 0.267 e. The predicted molar refractivity (Wildman–Crippen MR) is 83.8 cm³/mol. The molecule has 0 fully saturated rings. The van der Waals surface area contributed by atoms with E-state index in [1.54, 1.807) is 7.05 Å². The Balaban J connectivity index is 1.68. The normalized spacial score (nSPS) is 21.2. The predicted octanol–water partition coefficient (Wildman–Crippen LogP) is 0.441. The molecule has 0 saturated carbocycles. The highest BCUT2D eigenvalue weighted by Gasteiger charge is 2.27. The molecule has 2 amide bonds. The zero-order chi connectivity index (χ0) is 16.6. The van der Waals surface area contributed by atoms with Gasteiger partial charge in [-0.1, -0.05) is 13.8 Å². The maximum absolute atomic E-state index is 12.4. The number of fused-ring (bicyclic) bond motifs is 1. The molecule has 1 aromatic heterocycles. The second kappa shape index (κ2) is 6.10. The number of aryl methyl sites for hydroxylation is 1. The van der Waals surface area contributed by atoms with E-state index < -0.39 is 0 Å². The maximum atomic E-state index is 12.4. The molecule has 8 heteroatoms. The monoisotopic (exact) mass is 318 g/mol. The standard InChI is InChI=1S/C15H22N6O2/c1-9(2)14-18-17-12-6-4-10(8-21(12)14)16-15(23)11-5-7-13(22)20(3)19-11/h9-10H,4-8H2,1-3H3,(H,16,23). The van der Waals surface area contributed by atoms with Crippen LogP contribution in [0, 0.1) is 0 Å². The lowest BCUT2D eigenvalue weighted by Crippen LogP contribution is -2.45. The molecule has 23 heavy (non-hydrogen) atoms. The largest absolute Gasteiger partial charge is 0.346 e. The van der Waals surface area contributed by atoms with Crippen molar-refractivity contribution < 1.29 is 9.59 Å². The van der Waals surface area contributed by atoms with Gasteiger partial charge in [-0.05, 0) is 6.42 Å². The molecular formula is C15H22N6O2. The quantitative estimate of drug-likeness (QED) is 0.875. The number of carbonyl (C=O) groups excluding carboxylic acids is 2. The summed E-state index contributed by atoms with van der Waals surface area (Å²) in [4.78, 5) is 23.8. The van der Waals surface area contributed by atoms with Crippen LogP contribution >= 0.6 is 0 Å². The molecule has 1 aromatic rings. The van der Waals surface area contributed by atoms with Crippen LogP contribution in [0.4, 0.5) is 0 Å². The Hall–Kier alpha value is -2.25. The number of carbonyl (C=O) groups is 2. The topological polar surface area (TPSA) is 92.5 Å². The Kier molecular flexibility index (Phi) is 4.14. The van der Waals surface area contributed by atoms with Gasteiger partial charge in [-0.3, -0.25) is 9.59 Å². The van der Waals surface area contributed by atoms with E-state index in [0.717, 1.165) is 24.5 Å². The highest BCUT2D eigenvalue weighted by molar-refractivity contribution is 6.39. The molecule has 1 atom stereocenters. The van der Waals surface area contributed by atoms with Crippen molar-refractivity contribution in [1.29, 1.82) is 0 Å². The minimum atomic E-state index is -0.183. The molecule has 0 bridgehead atoms. The second-order valence-corrected chi connectivity index (χ2v) is 6.41. The average Bonchev–Trinajstić information content (AvgIpc) is 2.93. The first-order valence-corrected chi connectivity index (χ1v) is 8.02. The smallest absolute Gasteiger partial charge is 0.267 e. The van der Waals surface area contributed by atoms with Gasteiger partial charge in [-0.2, -0.15) is 5.10 Å². The molecule has 0 spiro atoms. The number of nitrogens with one attached hydrogen (secondary N) is 1. The van der Waals surface area contributed by atoms with E-state index in [0.29, 0.717) is 31.0 Å². The summed E-state index contributed by atoms with van der Waals surface area (Å²) in [7, 11) is 1.58. The Bertz CT molecular complexity index is 663. The lowest BCUT2D eigenvalue weighted by Gasteiger charge is -2.27. The number of aromatic nitrogens is 3. The third-order valence-corrected chi connectivity index (χ3v) is 4.30. The first-order chi connectivity index (χ1) is 11.0. The molecule has 0 saturated heterocycles. The van der Waals surface area contributed by atoms with Crippen molar-refractivity contribution in [3.8, 4) is 0 Å². The van der Waals surface area contributed by atoms with Crippen molar-refractivity contribution in [3.63, 3.8) is 0 Å². The lowest BCUT2D eigenvalue weighted by molar-refractivity contribution is -0.130. The molecule has 1 unspecified atom stereocenters. The molecule has 2 aliphatic heterocycles. The van der Waals surface area contributed by atoms with E-state index in [4.69, 9.17) is 0 Å². The molecule has 3 heterocycles. The minimum Gasteiger partial charge on any atom is -0.346 e. The molecule has 0 radical (unpaired) electrons. The molecular weight excluding hydrogens is 296 g/mol. The Morgan fingerprint density at radius 1 is 1.26 bits per heavy atom. The van der Waals surface area contributed by atoms with E-state index in [1.807, 2.05) is 0 Å². The fourth-order valence-electron chi connectivity index (χ4n) is 2.99. The highest BCUT2D eigenvalue weighted by Crippen LogP contribution is 2.20. The molecule has 8 nitrogen and oxygen atoms in total. The number of hydrazone groups is 1. The zero-order valence-corrected chi connectivity index (χ0v) is 13.7. The van der Waals surface area contributed by atoms with Crippen LogP contribution in [0.5, 0.6) is 0 Å². The zero-order valence-electron chi connectivity index (χ0n) is 13.7. The van der Waals surface area contributed by atoms with E-state index in [-0.39, 0.29) is 17.9 Å². The minimum absolute atomic E-state index is 0.0362. The number of hydrogen-bond acceptors (Lipinski definition) is 5. The van der Waals surface area contributed by atoms with Crippen LogP contribution < -0.4 is 5.32 Å². The van der Waals surface area contributed by atoms with Gasteiger partial charge in [0.2, 0.25) is 5.91 Å². The third kappa shape index (κ3) is 3.11. The van der Waals surface area contributed by atoms with Gasteiger partial charge >= 0.3 is 0 Å². The molecule has 1 N–H and O–H groups in total. The summed E-state index contributed by atoms with van der Waals surface area (Å²) in [6.45, 7) is 4.86. The van der Waals surface area contributed by atoms with Crippen molar-refractivity contribution in [3.05, 3.63) is 11.6 Å². The fourth-order valence-corrected chi connectivity index (χ4v) is 2.99. The van der Waals surface area contributed by atoms with Crippen LogP contribution in [0.3, 0.4) is 0 Å². The second-order valence-electron chi connectivity index (χ2n) is 6.41.